The predicted molar refractivity (Wildman–Crippen MR) is 188 cm³/mol. The molecule has 0 fully saturated rings. The summed E-state index contributed by atoms with van der Waals surface area (Å²) >= 11 is 0. The van der Waals surface area contributed by atoms with Crippen molar-refractivity contribution in [3.8, 4) is 27.9 Å². The molecule has 3 heterocycles. The highest BCUT2D eigenvalue weighted by atomic mass is 16.3. The van der Waals surface area contributed by atoms with Crippen LogP contribution in [0.15, 0.2) is 156 Å². The number of nitrogens with one attached hydrogen (secondary N) is 1. The van der Waals surface area contributed by atoms with Crippen LogP contribution >= 0.6 is 0 Å². The number of para-hydroxylation sites is 3. The average Bonchev–Trinajstić information content (AvgIpc) is 3.76. The highest BCUT2D eigenvalue weighted by Gasteiger charge is 2.15. The van der Waals surface area contributed by atoms with Crippen LogP contribution in [0.3, 0.4) is 0 Å². The lowest BCUT2D eigenvalue weighted by molar-refractivity contribution is 0.669. The van der Waals surface area contributed by atoms with Gasteiger partial charge in [-0.3, -0.25) is 0 Å². The normalized spacial score (nSPS) is 12.0. The molecule has 3 heteroatoms. The van der Waals surface area contributed by atoms with Gasteiger partial charge in [-0.05, 0) is 89.0 Å². The van der Waals surface area contributed by atoms with Crippen molar-refractivity contribution >= 4 is 65.6 Å². The van der Waals surface area contributed by atoms with Gasteiger partial charge in [-0.25, -0.2) is 0 Å². The van der Waals surface area contributed by atoms with E-state index in [0.29, 0.717) is 0 Å². The summed E-state index contributed by atoms with van der Waals surface area (Å²) in [5, 5.41) is 7.26. The van der Waals surface area contributed by atoms with E-state index in [4.69, 9.17) is 4.42 Å². The van der Waals surface area contributed by atoms with Crippen molar-refractivity contribution in [3.63, 3.8) is 0 Å². The molecule has 10 rings (SSSR count). The van der Waals surface area contributed by atoms with Gasteiger partial charge in [-0.2, -0.15) is 0 Å². The van der Waals surface area contributed by atoms with Crippen LogP contribution in [0.4, 0.5) is 0 Å². The molecule has 0 spiro atoms. The molecule has 0 aliphatic carbocycles. The van der Waals surface area contributed by atoms with Crippen LogP contribution in [-0.2, 0) is 0 Å². The number of nitrogens with zero attached hydrogens (tertiary/aromatic N) is 1. The second-order valence-corrected chi connectivity index (χ2v) is 11.9. The first kappa shape index (κ1) is 24.4. The topological polar surface area (TPSA) is 33.9 Å². The molecule has 1 N–H and O–H groups in total. The molecule has 210 valence electrons. The van der Waals surface area contributed by atoms with Crippen molar-refractivity contribution in [1.29, 1.82) is 0 Å². The molecule has 0 amide bonds. The minimum absolute atomic E-state index is 0.902. The van der Waals surface area contributed by atoms with Gasteiger partial charge in [-0.1, -0.05) is 84.9 Å². The summed E-state index contributed by atoms with van der Waals surface area (Å²) in [5.41, 5.74) is 12.4. The highest BCUT2D eigenvalue weighted by molar-refractivity contribution is 6.12. The summed E-state index contributed by atoms with van der Waals surface area (Å²) < 4.78 is 8.67. The molecule has 0 radical (unpaired) electrons. The number of rotatable bonds is 3. The van der Waals surface area contributed by atoms with Crippen molar-refractivity contribution in [3.05, 3.63) is 152 Å². The zero-order chi connectivity index (χ0) is 29.5. The minimum Gasteiger partial charge on any atom is -0.456 e. The van der Waals surface area contributed by atoms with Crippen LogP contribution in [0.2, 0.25) is 0 Å². The first-order valence-corrected chi connectivity index (χ1v) is 15.3. The Bertz CT molecular complexity index is 2760. The van der Waals surface area contributed by atoms with Gasteiger partial charge < -0.3 is 14.0 Å². The van der Waals surface area contributed by atoms with Gasteiger partial charge in [0.05, 0.1) is 11.0 Å². The third kappa shape index (κ3) is 3.65. The number of aromatic nitrogens is 2. The van der Waals surface area contributed by atoms with E-state index in [1.165, 1.54) is 60.5 Å². The second kappa shape index (κ2) is 9.22. The molecule has 0 saturated carbocycles. The molecule has 45 heavy (non-hydrogen) atoms. The van der Waals surface area contributed by atoms with E-state index in [1.54, 1.807) is 0 Å². The average molecular weight is 575 g/mol. The monoisotopic (exact) mass is 574 g/mol. The molecule has 0 aliphatic rings. The summed E-state index contributed by atoms with van der Waals surface area (Å²) in [7, 11) is 0. The predicted octanol–water partition coefficient (Wildman–Crippen LogP) is 11.7. The van der Waals surface area contributed by atoms with Crippen molar-refractivity contribution in [2.45, 2.75) is 0 Å². The number of aromatic amines is 1. The SMILES string of the molecule is c1ccc(-n2c3ccccc3c3cc(-c4ccc5oc6ccc(-c7ccc8c(c7)[nH]c7ccccc78)cc6c5c4)ccc32)cc1. The standard InChI is InChI=1S/C42H26N2O/c1-2-8-30(9-3-1)44-39-13-7-5-11-33(39)34-22-26(15-19-40(34)44)27-16-20-41-35(23-27)36-24-28(17-21-42(36)45-41)29-14-18-32-31-10-4-6-12-37(31)43-38(32)25-29/h1-25,43H. The first-order valence-electron chi connectivity index (χ1n) is 15.3. The molecular formula is C42H26N2O. The Labute approximate surface area is 258 Å². The van der Waals surface area contributed by atoms with Crippen LogP contribution in [0, 0.1) is 0 Å². The Morgan fingerprint density at radius 3 is 1.71 bits per heavy atom. The highest BCUT2D eigenvalue weighted by Crippen LogP contribution is 2.38. The van der Waals surface area contributed by atoms with Gasteiger partial charge in [-0.15, -0.1) is 0 Å². The molecule has 10 aromatic rings. The van der Waals surface area contributed by atoms with E-state index in [0.717, 1.165) is 33.0 Å². The fourth-order valence-corrected chi connectivity index (χ4v) is 7.18. The fraction of sp³-hybridized carbons (Fsp3) is 0. The maximum Gasteiger partial charge on any atom is 0.135 e. The van der Waals surface area contributed by atoms with Gasteiger partial charge >= 0.3 is 0 Å². The molecule has 0 saturated heterocycles. The maximum absolute atomic E-state index is 6.32. The van der Waals surface area contributed by atoms with Crippen molar-refractivity contribution < 1.29 is 4.42 Å². The van der Waals surface area contributed by atoms with E-state index in [9.17, 15) is 0 Å². The molecule has 0 bridgehead atoms. The zero-order valence-corrected chi connectivity index (χ0v) is 24.3. The molecule has 0 aliphatic heterocycles. The maximum atomic E-state index is 6.32. The lowest BCUT2D eigenvalue weighted by Gasteiger charge is -2.08. The molecule has 7 aromatic carbocycles. The Morgan fingerprint density at radius 2 is 0.933 bits per heavy atom. The number of H-pyrrole nitrogens is 1. The molecule has 0 unspecified atom stereocenters. The van der Waals surface area contributed by atoms with Crippen molar-refractivity contribution in [2.75, 3.05) is 0 Å². The van der Waals surface area contributed by atoms with Gasteiger partial charge in [0.2, 0.25) is 0 Å². The summed E-state index contributed by atoms with van der Waals surface area (Å²) in [5.74, 6) is 0. The first-order chi connectivity index (χ1) is 22.3. The van der Waals surface area contributed by atoms with Gasteiger partial charge in [0, 0.05) is 49.0 Å². The Morgan fingerprint density at radius 1 is 0.378 bits per heavy atom. The van der Waals surface area contributed by atoms with E-state index in [1.807, 2.05) is 0 Å². The summed E-state index contributed by atoms with van der Waals surface area (Å²) in [6, 6.07) is 54.4. The van der Waals surface area contributed by atoms with Crippen LogP contribution in [-0.4, -0.2) is 9.55 Å². The quantitative estimate of drug-likeness (QED) is 0.224. The van der Waals surface area contributed by atoms with Crippen molar-refractivity contribution in [1.82, 2.24) is 9.55 Å². The van der Waals surface area contributed by atoms with E-state index in [2.05, 4.69) is 161 Å². The fourth-order valence-electron chi connectivity index (χ4n) is 7.18. The summed E-state index contributed by atoms with van der Waals surface area (Å²) in [6.45, 7) is 0. The molecular weight excluding hydrogens is 548 g/mol. The molecule has 3 nitrogen and oxygen atoms in total. The number of fused-ring (bicyclic) bond motifs is 9. The number of hydrogen-bond acceptors (Lipinski definition) is 1. The lowest BCUT2D eigenvalue weighted by Crippen LogP contribution is -1.92. The van der Waals surface area contributed by atoms with Crippen LogP contribution < -0.4 is 0 Å². The van der Waals surface area contributed by atoms with Crippen molar-refractivity contribution in [2.24, 2.45) is 0 Å². The number of hydrogen-bond donors (Lipinski definition) is 1. The molecule has 3 aromatic heterocycles. The Hall–Kier alpha value is -6.06. The van der Waals surface area contributed by atoms with Crippen LogP contribution in [0.5, 0.6) is 0 Å². The molecule has 0 atom stereocenters. The lowest BCUT2D eigenvalue weighted by atomic mass is 9.99. The van der Waals surface area contributed by atoms with E-state index in [-0.39, 0.29) is 0 Å². The summed E-state index contributed by atoms with van der Waals surface area (Å²) in [6.07, 6.45) is 0. The smallest absolute Gasteiger partial charge is 0.135 e. The Balaban J connectivity index is 1.11. The zero-order valence-electron chi connectivity index (χ0n) is 24.3. The third-order valence-corrected chi connectivity index (χ3v) is 9.33. The van der Waals surface area contributed by atoms with Crippen LogP contribution in [0.1, 0.15) is 0 Å². The number of furan rings is 1. The van der Waals surface area contributed by atoms with Gasteiger partial charge in [0.1, 0.15) is 11.2 Å². The number of benzene rings is 7. The Kier molecular flexibility index (Phi) is 5.00. The second-order valence-electron chi connectivity index (χ2n) is 11.9. The minimum atomic E-state index is 0.902. The van der Waals surface area contributed by atoms with E-state index < -0.39 is 0 Å². The largest absolute Gasteiger partial charge is 0.456 e. The van der Waals surface area contributed by atoms with Gasteiger partial charge in [0.15, 0.2) is 0 Å². The van der Waals surface area contributed by atoms with Crippen LogP contribution in [0.25, 0.3) is 93.5 Å². The van der Waals surface area contributed by atoms with Gasteiger partial charge in [0.25, 0.3) is 0 Å². The van der Waals surface area contributed by atoms with E-state index >= 15 is 0 Å². The summed E-state index contributed by atoms with van der Waals surface area (Å²) in [4.78, 5) is 3.59. The third-order valence-electron chi connectivity index (χ3n) is 9.33.